The minimum Gasteiger partial charge on any atom is -0.493 e. The monoisotopic (exact) mass is 231 g/mol. The minimum absolute atomic E-state index is 0.185. The van der Waals surface area contributed by atoms with Gasteiger partial charge in [0, 0.05) is 11.1 Å². The van der Waals surface area contributed by atoms with E-state index in [0.717, 1.165) is 5.39 Å². The Labute approximate surface area is 98.6 Å². The Kier molecular flexibility index (Phi) is 2.87. The van der Waals surface area contributed by atoms with Crippen molar-refractivity contribution in [3.05, 3.63) is 35.9 Å². The molecule has 4 nitrogen and oxygen atoms in total. The summed E-state index contributed by atoms with van der Waals surface area (Å²) in [4.78, 5) is 11.3. The van der Waals surface area contributed by atoms with E-state index in [-0.39, 0.29) is 5.56 Å². The number of aromatic carboxylic acids is 1. The van der Waals surface area contributed by atoms with Crippen molar-refractivity contribution in [2.45, 2.75) is 6.92 Å². The van der Waals surface area contributed by atoms with Crippen LogP contribution in [0, 0.1) is 0 Å². The molecule has 0 amide bonds. The summed E-state index contributed by atoms with van der Waals surface area (Å²) in [5.41, 5.74) is 6.46. The van der Waals surface area contributed by atoms with Gasteiger partial charge in [0.05, 0.1) is 6.61 Å². The van der Waals surface area contributed by atoms with E-state index in [1.165, 1.54) is 0 Å². The van der Waals surface area contributed by atoms with E-state index in [2.05, 4.69) is 0 Å². The first kappa shape index (κ1) is 11.3. The second kappa shape index (κ2) is 4.33. The summed E-state index contributed by atoms with van der Waals surface area (Å²) in [5, 5.41) is 10.7. The number of hydrogen-bond donors (Lipinski definition) is 2. The Balaban J connectivity index is 2.74. The van der Waals surface area contributed by atoms with Crippen molar-refractivity contribution in [2.75, 3.05) is 12.3 Å². The molecule has 88 valence electrons. The Hall–Kier alpha value is -2.23. The Morgan fingerprint density at radius 1 is 1.35 bits per heavy atom. The van der Waals surface area contributed by atoms with Crippen LogP contribution in [0.15, 0.2) is 30.3 Å². The third-order valence-electron chi connectivity index (χ3n) is 2.52. The van der Waals surface area contributed by atoms with Crippen LogP contribution in [-0.4, -0.2) is 17.7 Å². The molecule has 0 heterocycles. The SMILES string of the molecule is CCOc1ccc2cc(N)ccc2c1C(=O)O. The van der Waals surface area contributed by atoms with Crippen molar-refractivity contribution in [1.82, 2.24) is 0 Å². The van der Waals surface area contributed by atoms with Gasteiger partial charge in [-0.2, -0.15) is 0 Å². The van der Waals surface area contributed by atoms with Crippen LogP contribution < -0.4 is 10.5 Å². The Bertz CT molecular complexity index is 578. The van der Waals surface area contributed by atoms with Crippen molar-refractivity contribution < 1.29 is 14.6 Å². The zero-order valence-corrected chi connectivity index (χ0v) is 9.43. The molecule has 4 heteroatoms. The van der Waals surface area contributed by atoms with Crippen molar-refractivity contribution >= 4 is 22.4 Å². The minimum atomic E-state index is -0.996. The maximum absolute atomic E-state index is 11.3. The number of ether oxygens (including phenoxy) is 1. The van der Waals surface area contributed by atoms with Gasteiger partial charge in [-0.15, -0.1) is 0 Å². The van der Waals surface area contributed by atoms with Gasteiger partial charge in [0.15, 0.2) is 0 Å². The summed E-state index contributed by atoms with van der Waals surface area (Å²) in [5.74, 6) is -0.610. The molecule has 0 aliphatic carbocycles. The molecule has 0 spiro atoms. The Morgan fingerprint density at radius 3 is 2.76 bits per heavy atom. The lowest BCUT2D eigenvalue weighted by Crippen LogP contribution is -2.04. The van der Waals surface area contributed by atoms with E-state index < -0.39 is 5.97 Å². The highest BCUT2D eigenvalue weighted by atomic mass is 16.5. The van der Waals surface area contributed by atoms with Crippen molar-refractivity contribution in [3.8, 4) is 5.75 Å². The van der Waals surface area contributed by atoms with E-state index in [9.17, 15) is 9.90 Å². The van der Waals surface area contributed by atoms with Gasteiger partial charge in [0.1, 0.15) is 11.3 Å². The van der Waals surface area contributed by atoms with Crippen LogP contribution in [0.1, 0.15) is 17.3 Å². The fourth-order valence-electron chi connectivity index (χ4n) is 1.82. The van der Waals surface area contributed by atoms with E-state index >= 15 is 0 Å². The third kappa shape index (κ3) is 2.01. The van der Waals surface area contributed by atoms with Gasteiger partial charge in [-0.1, -0.05) is 12.1 Å². The lowest BCUT2D eigenvalue weighted by atomic mass is 10.0. The molecule has 0 unspecified atom stereocenters. The molecule has 0 atom stereocenters. The van der Waals surface area contributed by atoms with Gasteiger partial charge in [-0.3, -0.25) is 0 Å². The standard InChI is InChI=1S/C13H13NO3/c1-2-17-11-6-3-8-7-9(14)4-5-10(8)12(11)13(15)16/h3-7H,2,14H2,1H3,(H,15,16). The first-order chi connectivity index (χ1) is 8.13. The molecular weight excluding hydrogens is 218 g/mol. The molecule has 2 aromatic rings. The smallest absolute Gasteiger partial charge is 0.340 e. The van der Waals surface area contributed by atoms with Crippen LogP contribution in [0.3, 0.4) is 0 Å². The highest BCUT2D eigenvalue weighted by Crippen LogP contribution is 2.29. The average molecular weight is 231 g/mol. The van der Waals surface area contributed by atoms with Crippen LogP contribution >= 0.6 is 0 Å². The lowest BCUT2D eigenvalue weighted by Gasteiger charge is -2.10. The molecule has 0 aliphatic heterocycles. The van der Waals surface area contributed by atoms with Crippen molar-refractivity contribution in [2.24, 2.45) is 0 Å². The van der Waals surface area contributed by atoms with Crippen LogP contribution in [-0.2, 0) is 0 Å². The second-order valence-electron chi connectivity index (χ2n) is 3.66. The summed E-state index contributed by atoms with van der Waals surface area (Å²) in [6.45, 7) is 2.25. The van der Waals surface area contributed by atoms with Gasteiger partial charge in [-0.25, -0.2) is 4.79 Å². The highest BCUT2D eigenvalue weighted by Gasteiger charge is 2.15. The quantitative estimate of drug-likeness (QED) is 0.796. The summed E-state index contributed by atoms with van der Waals surface area (Å²) < 4.78 is 5.32. The van der Waals surface area contributed by atoms with Gasteiger partial charge in [0.25, 0.3) is 0 Å². The molecular formula is C13H13NO3. The average Bonchev–Trinajstić information content (AvgIpc) is 2.28. The molecule has 0 radical (unpaired) electrons. The zero-order chi connectivity index (χ0) is 12.4. The molecule has 17 heavy (non-hydrogen) atoms. The van der Waals surface area contributed by atoms with Gasteiger partial charge < -0.3 is 15.6 Å². The normalized spacial score (nSPS) is 10.4. The molecule has 3 N–H and O–H groups in total. The zero-order valence-electron chi connectivity index (χ0n) is 9.43. The van der Waals surface area contributed by atoms with E-state index in [1.807, 2.05) is 13.0 Å². The molecule has 2 aromatic carbocycles. The van der Waals surface area contributed by atoms with Gasteiger partial charge in [0.2, 0.25) is 0 Å². The molecule has 0 saturated carbocycles. The van der Waals surface area contributed by atoms with Crippen LogP contribution in [0.5, 0.6) is 5.75 Å². The molecule has 0 aliphatic rings. The lowest BCUT2D eigenvalue weighted by molar-refractivity contribution is 0.0695. The largest absolute Gasteiger partial charge is 0.493 e. The van der Waals surface area contributed by atoms with Crippen LogP contribution in [0.25, 0.3) is 10.8 Å². The first-order valence-corrected chi connectivity index (χ1v) is 5.32. The predicted molar refractivity (Wildman–Crippen MR) is 66.5 cm³/mol. The molecule has 0 aromatic heterocycles. The van der Waals surface area contributed by atoms with Crippen molar-refractivity contribution in [3.63, 3.8) is 0 Å². The molecule has 0 bridgehead atoms. The number of nitrogens with two attached hydrogens (primary N) is 1. The molecule has 2 rings (SSSR count). The Morgan fingerprint density at radius 2 is 2.12 bits per heavy atom. The summed E-state index contributed by atoms with van der Waals surface area (Å²) in [6.07, 6.45) is 0. The molecule has 0 saturated heterocycles. The number of carbonyl (C=O) groups is 1. The van der Waals surface area contributed by atoms with Gasteiger partial charge in [-0.05, 0) is 30.5 Å². The maximum atomic E-state index is 11.3. The summed E-state index contributed by atoms with van der Waals surface area (Å²) in [6, 6.07) is 8.61. The number of hydrogen-bond acceptors (Lipinski definition) is 3. The van der Waals surface area contributed by atoms with E-state index in [0.29, 0.717) is 23.4 Å². The van der Waals surface area contributed by atoms with Gasteiger partial charge >= 0.3 is 5.97 Å². The number of benzene rings is 2. The number of carboxylic acid groups (broad SMARTS) is 1. The predicted octanol–water partition coefficient (Wildman–Crippen LogP) is 2.52. The number of carboxylic acids is 1. The van der Waals surface area contributed by atoms with Crippen molar-refractivity contribution in [1.29, 1.82) is 0 Å². The number of nitrogen functional groups attached to an aromatic ring is 1. The topological polar surface area (TPSA) is 72.5 Å². The number of rotatable bonds is 3. The third-order valence-corrected chi connectivity index (χ3v) is 2.52. The fourth-order valence-corrected chi connectivity index (χ4v) is 1.82. The summed E-state index contributed by atoms with van der Waals surface area (Å²) in [7, 11) is 0. The fraction of sp³-hybridized carbons (Fsp3) is 0.154. The maximum Gasteiger partial charge on any atom is 0.340 e. The first-order valence-electron chi connectivity index (χ1n) is 5.32. The molecule has 0 fully saturated rings. The number of anilines is 1. The second-order valence-corrected chi connectivity index (χ2v) is 3.66. The summed E-state index contributed by atoms with van der Waals surface area (Å²) >= 11 is 0. The van der Waals surface area contributed by atoms with E-state index in [1.54, 1.807) is 24.3 Å². The van der Waals surface area contributed by atoms with E-state index in [4.69, 9.17) is 10.5 Å². The van der Waals surface area contributed by atoms with Crippen LogP contribution in [0.2, 0.25) is 0 Å². The van der Waals surface area contributed by atoms with Crippen LogP contribution in [0.4, 0.5) is 5.69 Å². The highest BCUT2D eigenvalue weighted by molar-refractivity contribution is 6.06. The number of fused-ring (bicyclic) bond motifs is 1.